The number of fused-ring (bicyclic) bond motifs is 1. The van der Waals surface area contributed by atoms with E-state index in [9.17, 15) is 4.79 Å². The molecule has 4 heterocycles. The van der Waals surface area contributed by atoms with E-state index in [4.69, 9.17) is 4.98 Å². The molecule has 0 bridgehead atoms. The van der Waals surface area contributed by atoms with Crippen molar-refractivity contribution in [3.63, 3.8) is 0 Å². The smallest absolute Gasteiger partial charge is 0.266 e. The molecule has 1 aliphatic heterocycles. The van der Waals surface area contributed by atoms with Crippen molar-refractivity contribution in [1.29, 1.82) is 0 Å². The molecule has 1 saturated heterocycles. The fourth-order valence-electron chi connectivity index (χ4n) is 3.66. The Hall–Kier alpha value is -2.51. The average Bonchev–Trinajstić information content (AvgIpc) is 3.45. The van der Waals surface area contributed by atoms with Gasteiger partial charge in [-0.15, -0.1) is 22.7 Å². The van der Waals surface area contributed by atoms with Crippen molar-refractivity contribution in [3.8, 4) is 9.88 Å². The number of nitrogens with zero attached hydrogens (tertiary/aromatic N) is 3. The van der Waals surface area contributed by atoms with E-state index >= 15 is 0 Å². The number of carbonyl (C=O) groups is 1. The number of hydrogen-bond donors (Lipinski definition) is 1. The predicted molar refractivity (Wildman–Crippen MR) is 109 cm³/mol. The fourth-order valence-corrected chi connectivity index (χ4v) is 5.47. The summed E-state index contributed by atoms with van der Waals surface area (Å²) in [5.74, 6) is 0.943. The lowest BCUT2D eigenvalue weighted by molar-refractivity contribution is 0.0734. The van der Waals surface area contributed by atoms with E-state index in [1.807, 2.05) is 53.6 Å². The van der Waals surface area contributed by atoms with Crippen molar-refractivity contribution >= 4 is 39.6 Å². The predicted octanol–water partition coefficient (Wildman–Crippen LogP) is 5.03. The quantitative estimate of drug-likeness (QED) is 0.530. The number of likely N-dealkylation sites (tertiary alicyclic amines) is 1. The monoisotopic (exact) mass is 394 g/mol. The number of hydrogen-bond acceptors (Lipinski definition) is 5. The van der Waals surface area contributed by atoms with Crippen molar-refractivity contribution < 1.29 is 4.79 Å². The SMILES string of the molecule is Cc1nc(-c2cccs2)sc1C(=O)N1CCCC1c1nc2ccccc2[nH]1. The van der Waals surface area contributed by atoms with Gasteiger partial charge in [-0.1, -0.05) is 18.2 Å². The van der Waals surface area contributed by atoms with E-state index in [1.165, 1.54) is 11.3 Å². The number of imidazole rings is 1. The summed E-state index contributed by atoms with van der Waals surface area (Å²) in [5.41, 5.74) is 2.77. The maximum Gasteiger partial charge on any atom is 0.266 e. The molecule has 7 heteroatoms. The van der Waals surface area contributed by atoms with Crippen LogP contribution in [0.15, 0.2) is 41.8 Å². The lowest BCUT2D eigenvalue weighted by Gasteiger charge is -2.22. The Morgan fingerprint density at radius 3 is 2.93 bits per heavy atom. The molecule has 1 N–H and O–H groups in total. The summed E-state index contributed by atoms with van der Waals surface area (Å²) < 4.78 is 0. The maximum absolute atomic E-state index is 13.3. The molecule has 136 valence electrons. The average molecular weight is 395 g/mol. The number of benzene rings is 1. The highest BCUT2D eigenvalue weighted by Gasteiger charge is 2.34. The van der Waals surface area contributed by atoms with Crippen LogP contribution >= 0.6 is 22.7 Å². The van der Waals surface area contributed by atoms with E-state index in [0.29, 0.717) is 0 Å². The van der Waals surface area contributed by atoms with Gasteiger partial charge < -0.3 is 9.88 Å². The molecular formula is C20H18N4OS2. The Labute approximate surface area is 164 Å². The first-order chi connectivity index (χ1) is 13.2. The molecule has 5 nitrogen and oxygen atoms in total. The molecule has 27 heavy (non-hydrogen) atoms. The van der Waals surface area contributed by atoms with Crippen LogP contribution in [0.5, 0.6) is 0 Å². The first-order valence-corrected chi connectivity index (χ1v) is 10.7. The van der Waals surface area contributed by atoms with Gasteiger partial charge in [0, 0.05) is 6.54 Å². The molecule has 1 amide bonds. The molecule has 1 fully saturated rings. The van der Waals surface area contributed by atoms with Gasteiger partial charge in [-0.2, -0.15) is 0 Å². The van der Waals surface area contributed by atoms with Crippen molar-refractivity contribution in [2.45, 2.75) is 25.8 Å². The molecule has 1 unspecified atom stereocenters. The molecule has 0 spiro atoms. The topological polar surface area (TPSA) is 61.9 Å². The van der Waals surface area contributed by atoms with Gasteiger partial charge in [-0.05, 0) is 43.3 Å². The van der Waals surface area contributed by atoms with Crippen LogP contribution in [0, 0.1) is 6.92 Å². The number of nitrogens with one attached hydrogen (secondary N) is 1. The summed E-state index contributed by atoms with van der Waals surface area (Å²) in [7, 11) is 0. The van der Waals surface area contributed by atoms with Crippen molar-refractivity contribution in [2.24, 2.45) is 0 Å². The highest BCUT2D eigenvalue weighted by molar-refractivity contribution is 7.22. The van der Waals surface area contributed by atoms with Gasteiger partial charge in [0.1, 0.15) is 15.7 Å². The normalized spacial score (nSPS) is 17.1. The zero-order valence-electron chi connectivity index (χ0n) is 14.8. The molecule has 1 aliphatic rings. The van der Waals surface area contributed by atoms with Crippen LogP contribution in [0.1, 0.15) is 40.1 Å². The molecule has 5 rings (SSSR count). The minimum Gasteiger partial charge on any atom is -0.340 e. The second-order valence-electron chi connectivity index (χ2n) is 6.71. The minimum absolute atomic E-state index is 0.00316. The summed E-state index contributed by atoms with van der Waals surface area (Å²) in [6, 6.07) is 12.0. The molecule has 0 aliphatic carbocycles. The Bertz CT molecular complexity index is 1080. The van der Waals surface area contributed by atoms with Gasteiger partial charge in [0.15, 0.2) is 0 Å². The van der Waals surface area contributed by atoms with Crippen LogP contribution in [-0.2, 0) is 0 Å². The van der Waals surface area contributed by atoms with Crippen molar-refractivity contribution in [3.05, 3.63) is 58.2 Å². The summed E-state index contributed by atoms with van der Waals surface area (Å²) in [6.45, 7) is 2.68. The number of rotatable bonds is 3. The van der Waals surface area contributed by atoms with Gasteiger partial charge in [0.05, 0.1) is 27.6 Å². The number of thiophene rings is 1. The summed E-state index contributed by atoms with van der Waals surface area (Å²) >= 11 is 3.14. The fraction of sp³-hybridized carbons (Fsp3) is 0.250. The van der Waals surface area contributed by atoms with Crippen LogP contribution in [0.4, 0.5) is 0 Å². The van der Waals surface area contributed by atoms with E-state index in [0.717, 1.165) is 56.7 Å². The number of para-hydroxylation sites is 2. The molecule has 4 aromatic rings. The maximum atomic E-state index is 13.3. The number of H-pyrrole nitrogens is 1. The molecular weight excluding hydrogens is 376 g/mol. The van der Waals surface area contributed by atoms with E-state index in [2.05, 4.69) is 9.97 Å². The minimum atomic E-state index is -0.00316. The van der Waals surface area contributed by atoms with E-state index in [1.54, 1.807) is 11.3 Å². The lowest BCUT2D eigenvalue weighted by atomic mass is 10.2. The summed E-state index contributed by atoms with van der Waals surface area (Å²) in [6.07, 6.45) is 1.92. The number of aromatic amines is 1. The van der Waals surface area contributed by atoms with E-state index in [-0.39, 0.29) is 11.9 Å². The molecule has 3 aromatic heterocycles. The van der Waals surface area contributed by atoms with Gasteiger partial charge >= 0.3 is 0 Å². The number of amides is 1. The number of thiazole rings is 1. The molecule has 0 radical (unpaired) electrons. The lowest BCUT2D eigenvalue weighted by Crippen LogP contribution is -2.31. The third-order valence-electron chi connectivity index (χ3n) is 4.96. The van der Waals surface area contributed by atoms with Gasteiger partial charge in [0.2, 0.25) is 0 Å². The van der Waals surface area contributed by atoms with Crippen LogP contribution in [0.2, 0.25) is 0 Å². The zero-order valence-corrected chi connectivity index (χ0v) is 16.4. The highest BCUT2D eigenvalue weighted by atomic mass is 32.1. The standard InChI is InChI=1S/C20H18N4OS2/c1-12-17(27-19(21-12)16-9-5-11-26-16)20(25)24-10-4-8-15(24)18-22-13-6-2-3-7-14(13)23-18/h2-3,5-7,9,11,15H,4,8,10H2,1H3,(H,22,23). The number of carbonyl (C=O) groups excluding carboxylic acids is 1. The first-order valence-electron chi connectivity index (χ1n) is 8.97. The molecule has 0 saturated carbocycles. The highest BCUT2D eigenvalue weighted by Crippen LogP contribution is 2.36. The zero-order chi connectivity index (χ0) is 18.4. The number of aromatic nitrogens is 3. The Morgan fingerprint density at radius 1 is 1.22 bits per heavy atom. The first kappa shape index (κ1) is 16.6. The Balaban J connectivity index is 1.47. The summed E-state index contributed by atoms with van der Waals surface area (Å²) in [4.78, 5) is 29.9. The molecule has 1 atom stereocenters. The Morgan fingerprint density at radius 2 is 2.11 bits per heavy atom. The van der Waals surface area contributed by atoms with Gasteiger partial charge in [-0.25, -0.2) is 9.97 Å². The van der Waals surface area contributed by atoms with Crippen LogP contribution in [0.3, 0.4) is 0 Å². The van der Waals surface area contributed by atoms with Crippen LogP contribution in [-0.4, -0.2) is 32.3 Å². The second kappa shape index (κ2) is 6.58. The van der Waals surface area contributed by atoms with Crippen molar-refractivity contribution in [1.82, 2.24) is 19.9 Å². The summed E-state index contributed by atoms with van der Waals surface area (Å²) in [5, 5.41) is 2.95. The van der Waals surface area contributed by atoms with Crippen molar-refractivity contribution in [2.75, 3.05) is 6.54 Å². The third-order valence-corrected chi connectivity index (χ3v) is 7.14. The Kier molecular flexibility index (Phi) is 4.06. The van der Waals surface area contributed by atoms with Crippen LogP contribution in [0.25, 0.3) is 20.9 Å². The molecule has 1 aromatic carbocycles. The number of aryl methyl sites for hydroxylation is 1. The third kappa shape index (κ3) is 2.87. The van der Waals surface area contributed by atoms with E-state index < -0.39 is 0 Å². The largest absolute Gasteiger partial charge is 0.340 e. The van der Waals surface area contributed by atoms with Gasteiger partial charge in [-0.3, -0.25) is 4.79 Å². The van der Waals surface area contributed by atoms with Crippen LogP contribution < -0.4 is 0 Å². The second-order valence-corrected chi connectivity index (χ2v) is 8.65. The van der Waals surface area contributed by atoms with Gasteiger partial charge in [0.25, 0.3) is 5.91 Å².